The molecule has 9 heteroatoms. The summed E-state index contributed by atoms with van der Waals surface area (Å²) >= 11 is 8.33. The minimum absolute atomic E-state index is 0.0891. The average molecular weight is 411 g/mol. The second-order valence-electron chi connectivity index (χ2n) is 5.16. The number of hydrogen-bond donors (Lipinski definition) is 1. The van der Waals surface area contributed by atoms with Gasteiger partial charge in [0.15, 0.2) is 5.13 Å². The van der Waals surface area contributed by atoms with E-state index >= 15 is 0 Å². The number of benzene rings is 1. The molecule has 0 bridgehead atoms. The summed E-state index contributed by atoms with van der Waals surface area (Å²) in [5, 5.41) is 3.72. The topological polar surface area (TPSA) is 68.3 Å². The molecule has 0 spiro atoms. The second kappa shape index (κ2) is 7.53. The molecule has 1 N–H and O–H groups in total. The van der Waals surface area contributed by atoms with Crippen molar-refractivity contribution in [3.63, 3.8) is 0 Å². The van der Waals surface area contributed by atoms with Gasteiger partial charge in [0, 0.05) is 10.1 Å². The third-order valence-corrected chi connectivity index (χ3v) is 6.04. The lowest BCUT2D eigenvalue weighted by Gasteiger charge is -1.99. The zero-order valence-electron chi connectivity index (χ0n) is 13.5. The smallest absolute Gasteiger partial charge is 0.350 e. The molecule has 0 atom stereocenters. The summed E-state index contributed by atoms with van der Waals surface area (Å²) in [5.74, 6) is -1.41. The normalized spacial score (nSPS) is 10.7. The van der Waals surface area contributed by atoms with Gasteiger partial charge in [0.05, 0.1) is 10.7 Å². The van der Waals surface area contributed by atoms with Crippen LogP contribution in [0.2, 0.25) is 5.02 Å². The number of carbonyl (C=O) groups is 2. The molecule has 0 aliphatic heterocycles. The molecule has 5 nitrogen and oxygen atoms in total. The number of thiophene rings is 1. The standard InChI is InChI=1S/C17H12ClFN2O3S2/c1-3-6-24-16(23)13-8(2)20-17(26-13)21-15(22)14-12(18)10-5-4-9(19)7-11(10)25-14/h3-5,7H,1,6H2,2H3,(H,20,21,22). The highest BCUT2D eigenvalue weighted by Gasteiger charge is 2.21. The van der Waals surface area contributed by atoms with Gasteiger partial charge in [-0.1, -0.05) is 35.6 Å². The van der Waals surface area contributed by atoms with Crippen molar-refractivity contribution in [3.05, 3.63) is 57.1 Å². The Kier molecular flexibility index (Phi) is 5.36. The van der Waals surface area contributed by atoms with Crippen LogP contribution >= 0.6 is 34.3 Å². The summed E-state index contributed by atoms with van der Waals surface area (Å²) in [6, 6.07) is 4.14. The van der Waals surface area contributed by atoms with Gasteiger partial charge in [-0.3, -0.25) is 10.1 Å². The van der Waals surface area contributed by atoms with Gasteiger partial charge in [-0.05, 0) is 25.1 Å². The fraction of sp³-hybridized carbons (Fsp3) is 0.118. The Bertz CT molecular complexity index is 1030. The molecule has 0 radical (unpaired) electrons. The maximum atomic E-state index is 13.3. The average Bonchev–Trinajstić information content (AvgIpc) is 3.12. The van der Waals surface area contributed by atoms with E-state index in [0.717, 1.165) is 22.7 Å². The van der Waals surface area contributed by atoms with E-state index in [1.807, 2.05) is 0 Å². The van der Waals surface area contributed by atoms with Crippen LogP contribution in [0.4, 0.5) is 9.52 Å². The van der Waals surface area contributed by atoms with Crippen LogP contribution in [-0.2, 0) is 4.74 Å². The Hall–Kier alpha value is -2.29. The number of esters is 1. The fourth-order valence-corrected chi connectivity index (χ4v) is 4.47. The number of anilines is 1. The van der Waals surface area contributed by atoms with Gasteiger partial charge in [-0.2, -0.15) is 0 Å². The second-order valence-corrected chi connectivity index (χ2v) is 7.59. The van der Waals surface area contributed by atoms with Crippen molar-refractivity contribution in [2.75, 3.05) is 11.9 Å². The Morgan fingerprint density at radius 2 is 2.15 bits per heavy atom. The third kappa shape index (κ3) is 3.62. The van der Waals surface area contributed by atoms with Crippen LogP contribution in [0.1, 0.15) is 25.0 Å². The van der Waals surface area contributed by atoms with E-state index < -0.39 is 17.7 Å². The zero-order chi connectivity index (χ0) is 18.8. The lowest BCUT2D eigenvalue weighted by Crippen LogP contribution is -2.10. The highest BCUT2D eigenvalue weighted by Crippen LogP contribution is 2.36. The van der Waals surface area contributed by atoms with E-state index in [1.165, 1.54) is 24.3 Å². The van der Waals surface area contributed by atoms with E-state index in [-0.39, 0.29) is 21.6 Å². The highest BCUT2D eigenvalue weighted by atomic mass is 35.5. The van der Waals surface area contributed by atoms with Crippen molar-refractivity contribution in [1.82, 2.24) is 4.98 Å². The molecule has 0 unspecified atom stereocenters. The van der Waals surface area contributed by atoms with Crippen molar-refractivity contribution in [2.45, 2.75) is 6.92 Å². The van der Waals surface area contributed by atoms with Gasteiger partial charge >= 0.3 is 5.97 Å². The van der Waals surface area contributed by atoms with E-state index in [1.54, 1.807) is 6.92 Å². The molecule has 1 amide bonds. The third-order valence-electron chi connectivity index (χ3n) is 3.33. The Morgan fingerprint density at radius 3 is 2.88 bits per heavy atom. The first-order chi connectivity index (χ1) is 12.4. The number of rotatable bonds is 5. The predicted molar refractivity (Wildman–Crippen MR) is 102 cm³/mol. The summed E-state index contributed by atoms with van der Waals surface area (Å²) in [4.78, 5) is 29.1. The van der Waals surface area contributed by atoms with E-state index in [0.29, 0.717) is 20.7 Å². The molecular weight excluding hydrogens is 399 g/mol. The van der Waals surface area contributed by atoms with Gasteiger partial charge in [0.1, 0.15) is 22.2 Å². The molecule has 3 aromatic rings. The number of carbonyl (C=O) groups excluding carboxylic acids is 2. The van der Waals surface area contributed by atoms with Crippen LogP contribution in [0, 0.1) is 12.7 Å². The number of aryl methyl sites for hydroxylation is 1. The van der Waals surface area contributed by atoms with Crippen LogP contribution in [0.15, 0.2) is 30.9 Å². The number of fused-ring (bicyclic) bond motifs is 1. The number of halogens is 2. The van der Waals surface area contributed by atoms with Gasteiger partial charge in [0.2, 0.25) is 0 Å². The minimum Gasteiger partial charge on any atom is -0.457 e. The van der Waals surface area contributed by atoms with Crippen molar-refractivity contribution in [1.29, 1.82) is 0 Å². The van der Waals surface area contributed by atoms with Crippen LogP contribution in [0.3, 0.4) is 0 Å². The number of thiazole rings is 1. The van der Waals surface area contributed by atoms with Crippen molar-refractivity contribution >= 4 is 61.4 Å². The molecule has 0 aliphatic carbocycles. The van der Waals surface area contributed by atoms with Gasteiger partial charge in [-0.15, -0.1) is 11.3 Å². The van der Waals surface area contributed by atoms with Crippen molar-refractivity contribution in [2.24, 2.45) is 0 Å². The molecule has 0 saturated heterocycles. The van der Waals surface area contributed by atoms with E-state index in [9.17, 15) is 14.0 Å². The first-order valence-corrected chi connectivity index (χ1v) is 9.36. The fourth-order valence-electron chi connectivity index (χ4n) is 2.18. The number of hydrogen-bond acceptors (Lipinski definition) is 6. The van der Waals surface area contributed by atoms with E-state index in [4.69, 9.17) is 16.3 Å². The number of nitrogens with zero attached hydrogens (tertiary/aromatic N) is 1. The molecule has 0 aliphatic rings. The Labute approximate surface area is 161 Å². The van der Waals surface area contributed by atoms with Gasteiger partial charge in [0.25, 0.3) is 5.91 Å². The molecule has 0 fully saturated rings. The monoisotopic (exact) mass is 410 g/mol. The SMILES string of the molecule is C=CCOC(=O)c1sc(NC(=O)c2sc3cc(F)ccc3c2Cl)nc1C. The van der Waals surface area contributed by atoms with Gasteiger partial charge in [-0.25, -0.2) is 14.2 Å². The number of ether oxygens (including phenoxy) is 1. The van der Waals surface area contributed by atoms with Crippen LogP contribution in [0.25, 0.3) is 10.1 Å². The van der Waals surface area contributed by atoms with Crippen LogP contribution in [0.5, 0.6) is 0 Å². The molecular formula is C17H12ClFN2O3S2. The Morgan fingerprint density at radius 1 is 1.38 bits per heavy atom. The number of nitrogens with one attached hydrogen (secondary N) is 1. The molecule has 1 aromatic carbocycles. The first kappa shape index (κ1) is 18.5. The quantitative estimate of drug-likeness (QED) is 0.472. The van der Waals surface area contributed by atoms with Crippen LogP contribution in [-0.4, -0.2) is 23.5 Å². The number of amides is 1. The Balaban J connectivity index is 1.83. The molecule has 2 heterocycles. The lowest BCUT2D eigenvalue weighted by atomic mass is 10.2. The van der Waals surface area contributed by atoms with Crippen LogP contribution < -0.4 is 5.32 Å². The largest absolute Gasteiger partial charge is 0.457 e. The minimum atomic E-state index is -0.532. The molecule has 0 saturated carbocycles. The van der Waals surface area contributed by atoms with Gasteiger partial charge < -0.3 is 4.74 Å². The highest BCUT2D eigenvalue weighted by molar-refractivity contribution is 7.22. The maximum absolute atomic E-state index is 13.3. The summed E-state index contributed by atoms with van der Waals surface area (Å²) in [6.07, 6.45) is 1.46. The lowest BCUT2D eigenvalue weighted by molar-refractivity contribution is 0.0554. The summed E-state index contributed by atoms with van der Waals surface area (Å²) in [5.41, 5.74) is 0.448. The summed E-state index contributed by atoms with van der Waals surface area (Å²) in [6.45, 7) is 5.21. The van der Waals surface area contributed by atoms with Crippen molar-refractivity contribution < 1.29 is 18.7 Å². The molecule has 2 aromatic heterocycles. The first-order valence-electron chi connectivity index (χ1n) is 7.35. The number of aromatic nitrogens is 1. The maximum Gasteiger partial charge on any atom is 0.350 e. The molecule has 3 rings (SSSR count). The summed E-state index contributed by atoms with van der Waals surface area (Å²) in [7, 11) is 0. The zero-order valence-corrected chi connectivity index (χ0v) is 15.9. The summed E-state index contributed by atoms with van der Waals surface area (Å²) < 4.78 is 18.9. The molecule has 134 valence electrons. The van der Waals surface area contributed by atoms with E-state index in [2.05, 4.69) is 16.9 Å². The molecule has 26 heavy (non-hydrogen) atoms. The van der Waals surface area contributed by atoms with Crippen molar-refractivity contribution in [3.8, 4) is 0 Å². The predicted octanol–water partition coefficient (Wildman–Crippen LogP) is 5.05.